The van der Waals surface area contributed by atoms with Crippen molar-refractivity contribution in [3.8, 4) is 0 Å². The molecule has 2 aromatic rings. The van der Waals surface area contributed by atoms with Crippen molar-refractivity contribution in [3.05, 3.63) is 35.2 Å². The van der Waals surface area contributed by atoms with E-state index in [2.05, 4.69) is 9.88 Å². The molecule has 2 fully saturated rings. The maximum atomic E-state index is 13.0. The molecule has 0 spiro atoms. The van der Waals surface area contributed by atoms with E-state index < -0.39 is 0 Å². The molecule has 2 aliphatic rings. The molecule has 0 aromatic carbocycles. The number of fused-ring (bicyclic) bond motifs is 1. The summed E-state index contributed by atoms with van der Waals surface area (Å²) in [6, 6.07) is 5.40. The molecule has 1 atom stereocenters. The maximum Gasteiger partial charge on any atom is 0.274 e. The van der Waals surface area contributed by atoms with Gasteiger partial charge in [0.25, 0.3) is 5.91 Å². The van der Waals surface area contributed by atoms with E-state index in [-0.39, 0.29) is 23.0 Å². The van der Waals surface area contributed by atoms with Crippen molar-refractivity contribution >= 4 is 29.1 Å². The Bertz CT molecular complexity index is 853. The number of halogens is 1. The summed E-state index contributed by atoms with van der Waals surface area (Å²) in [5.74, 6) is 0.0916. The Hall–Kier alpha value is -2.12. The van der Waals surface area contributed by atoms with Crippen LogP contribution in [0.4, 0.5) is 0 Å². The van der Waals surface area contributed by atoms with Gasteiger partial charge in [0.2, 0.25) is 5.91 Å². The summed E-state index contributed by atoms with van der Waals surface area (Å²) in [5, 5.41) is 0.228. The van der Waals surface area contributed by atoms with Crippen LogP contribution >= 0.6 is 11.6 Å². The third-order valence-electron chi connectivity index (χ3n) is 5.61. The highest BCUT2D eigenvalue weighted by molar-refractivity contribution is 6.32. The van der Waals surface area contributed by atoms with Crippen LogP contribution in [0.3, 0.4) is 0 Å². The number of carbonyl (C=O) groups excluding carboxylic acids is 2. The smallest absolute Gasteiger partial charge is 0.274 e. The summed E-state index contributed by atoms with van der Waals surface area (Å²) in [7, 11) is 0. The molecule has 0 radical (unpaired) electrons. The SMILES string of the molecule is C[C@H](C(=O)N1CCCC1)N1CCN(C(=O)c2c(Cl)nc3ccccn23)CC1. The van der Waals surface area contributed by atoms with Crippen LogP contribution in [0, 0.1) is 0 Å². The summed E-state index contributed by atoms with van der Waals surface area (Å²) in [6.07, 6.45) is 4.00. The van der Waals surface area contributed by atoms with Gasteiger partial charge in [0.1, 0.15) is 5.65 Å². The number of imidazole rings is 1. The minimum Gasteiger partial charge on any atom is -0.341 e. The zero-order chi connectivity index (χ0) is 19.0. The highest BCUT2D eigenvalue weighted by atomic mass is 35.5. The van der Waals surface area contributed by atoms with Crippen LogP contribution in [-0.4, -0.2) is 81.2 Å². The van der Waals surface area contributed by atoms with Gasteiger partial charge in [-0.25, -0.2) is 4.98 Å². The molecule has 0 aliphatic carbocycles. The predicted molar refractivity (Wildman–Crippen MR) is 103 cm³/mol. The number of rotatable bonds is 3. The Balaban J connectivity index is 1.42. The van der Waals surface area contributed by atoms with Crippen LogP contribution in [0.15, 0.2) is 24.4 Å². The lowest BCUT2D eigenvalue weighted by atomic mass is 10.2. The van der Waals surface area contributed by atoms with Crippen molar-refractivity contribution in [3.63, 3.8) is 0 Å². The first kappa shape index (κ1) is 18.3. The van der Waals surface area contributed by atoms with E-state index in [1.807, 2.05) is 30.0 Å². The van der Waals surface area contributed by atoms with E-state index in [0.29, 0.717) is 37.5 Å². The van der Waals surface area contributed by atoms with Crippen LogP contribution in [-0.2, 0) is 4.79 Å². The van der Waals surface area contributed by atoms with E-state index in [1.54, 1.807) is 15.5 Å². The van der Waals surface area contributed by atoms with Crippen LogP contribution in [0.1, 0.15) is 30.3 Å². The van der Waals surface area contributed by atoms with Gasteiger partial charge >= 0.3 is 0 Å². The highest BCUT2D eigenvalue weighted by Crippen LogP contribution is 2.21. The van der Waals surface area contributed by atoms with E-state index in [9.17, 15) is 9.59 Å². The third kappa shape index (κ3) is 3.41. The van der Waals surface area contributed by atoms with Gasteiger partial charge in [-0.15, -0.1) is 0 Å². The first-order valence-electron chi connectivity index (χ1n) is 9.51. The maximum absolute atomic E-state index is 13.0. The van der Waals surface area contributed by atoms with E-state index in [1.165, 1.54) is 0 Å². The number of nitrogens with zero attached hydrogens (tertiary/aromatic N) is 5. The summed E-state index contributed by atoms with van der Waals surface area (Å²) in [4.78, 5) is 35.8. The van der Waals surface area contributed by atoms with Gasteiger partial charge in [0.15, 0.2) is 10.8 Å². The fourth-order valence-electron chi connectivity index (χ4n) is 3.98. The molecule has 2 aliphatic heterocycles. The third-order valence-corrected chi connectivity index (χ3v) is 5.88. The van der Waals surface area contributed by atoms with E-state index in [0.717, 1.165) is 25.9 Å². The summed E-state index contributed by atoms with van der Waals surface area (Å²) in [5.41, 5.74) is 1.07. The predicted octanol–water partition coefficient (Wildman–Crippen LogP) is 1.76. The molecule has 4 rings (SSSR count). The van der Waals surface area contributed by atoms with E-state index in [4.69, 9.17) is 11.6 Å². The molecule has 0 unspecified atom stereocenters. The van der Waals surface area contributed by atoms with Crippen molar-refractivity contribution in [1.29, 1.82) is 0 Å². The lowest BCUT2D eigenvalue weighted by molar-refractivity contribution is -0.135. The number of hydrogen-bond acceptors (Lipinski definition) is 4. The number of aromatic nitrogens is 2. The van der Waals surface area contributed by atoms with Crippen molar-refractivity contribution < 1.29 is 9.59 Å². The molecule has 4 heterocycles. The topological polar surface area (TPSA) is 61.2 Å². The number of pyridine rings is 1. The zero-order valence-electron chi connectivity index (χ0n) is 15.5. The largest absolute Gasteiger partial charge is 0.341 e. The van der Waals surface area contributed by atoms with Gasteiger partial charge in [0.05, 0.1) is 6.04 Å². The Morgan fingerprint density at radius 3 is 2.44 bits per heavy atom. The average molecular weight is 390 g/mol. The first-order valence-corrected chi connectivity index (χ1v) is 9.89. The Morgan fingerprint density at radius 2 is 1.74 bits per heavy atom. The molecule has 0 saturated carbocycles. The second-order valence-corrected chi connectivity index (χ2v) is 7.57. The molecule has 144 valence electrons. The molecular weight excluding hydrogens is 366 g/mol. The van der Waals surface area contributed by atoms with Gasteiger partial charge < -0.3 is 9.80 Å². The summed E-state index contributed by atoms with van der Waals surface area (Å²) >= 11 is 6.24. The van der Waals surface area contributed by atoms with Gasteiger partial charge in [-0.1, -0.05) is 17.7 Å². The lowest BCUT2D eigenvalue weighted by Crippen LogP contribution is -2.55. The van der Waals surface area contributed by atoms with Crippen LogP contribution in [0.5, 0.6) is 0 Å². The molecular formula is C19H24ClN5O2. The molecule has 8 heteroatoms. The number of piperazine rings is 1. The zero-order valence-corrected chi connectivity index (χ0v) is 16.2. The van der Waals surface area contributed by atoms with Crippen molar-refractivity contribution in [1.82, 2.24) is 24.1 Å². The Labute approximate surface area is 163 Å². The fraction of sp³-hybridized carbons (Fsp3) is 0.526. The molecule has 2 saturated heterocycles. The average Bonchev–Trinajstić information content (AvgIpc) is 3.33. The molecule has 0 bridgehead atoms. The minimum atomic E-state index is -0.139. The number of amides is 2. The van der Waals surface area contributed by atoms with E-state index >= 15 is 0 Å². The highest BCUT2D eigenvalue weighted by Gasteiger charge is 2.32. The van der Waals surface area contributed by atoms with Crippen LogP contribution in [0.25, 0.3) is 5.65 Å². The summed E-state index contributed by atoms with van der Waals surface area (Å²) < 4.78 is 1.73. The Kier molecular flexibility index (Phi) is 5.06. The van der Waals surface area contributed by atoms with Crippen LogP contribution in [0.2, 0.25) is 5.15 Å². The second kappa shape index (κ2) is 7.48. The van der Waals surface area contributed by atoms with Gasteiger partial charge in [-0.05, 0) is 31.9 Å². The fourth-order valence-corrected chi connectivity index (χ4v) is 4.24. The lowest BCUT2D eigenvalue weighted by Gasteiger charge is -2.38. The minimum absolute atomic E-state index is 0.114. The van der Waals surface area contributed by atoms with Crippen molar-refractivity contribution in [2.75, 3.05) is 39.3 Å². The molecule has 7 nitrogen and oxygen atoms in total. The van der Waals surface area contributed by atoms with Gasteiger partial charge in [0, 0.05) is 45.5 Å². The quantitative estimate of drug-likeness (QED) is 0.802. The first-order chi connectivity index (χ1) is 13.1. The standard InChI is InChI=1S/C19H24ClN5O2/c1-14(18(26)23-7-4-5-8-23)22-10-12-24(13-11-22)19(27)16-17(20)21-15-6-2-3-9-25(15)16/h2-3,6,9,14H,4-5,7-8,10-13H2,1H3/t14-/m1/s1. The number of carbonyl (C=O) groups is 2. The van der Waals surface area contributed by atoms with Crippen molar-refractivity contribution in [2.24, 2.45) is 0 Å². The number of hydrogen-bond donors (Lipinski definition) is 0. The van der Waals surface area contributed by atoms with Crippen molar-refractivity contribution in [2.45, 2.75) is 25.8 Å². The van der Waals surface area contributed by atoms with Gasteiger partial charge in [-0.2, -0.15) is 0 Å². The molecule has 2 aromatic heterocycles. The molecule has 27 heavy (non-hydrogen) atoms. The summed E-state index contributed by atoms with van der Waals surface area (Å²) in [6.45, 7) is 6.23. The molecule has 0 N–H and O–H groups in total. The normalized spacial score (nSPS) is 19.6. The monoisotopic (exact) mass is 389 g/mol. The molecule has 2 amide bonds. The number of likely N-dealkylation sites (tertiary alicyclic amines) is 1. The second-order valence-electron chi connectivity index (χ2n) is 7.22. The van der Waals surface area contributed by atoms with Gasteiger partial charge in [-0.3, -0.25) is 18.9 Å². The van der Waals surface area contributed by atoms with Crippen LogP contribution < -0.4 is 0 Å². The Morgan fingerprint density at radius 1 is 1.04 bits per heavy atom.